The molecule has 0 atom stereocenters. The van der Waals surface area contributed by atoms with Crippen LogP contribution < -0.4 is 10.6 Å². The van der Waals surface area contributed by atoms with Crippen LogP contribution in [0, 0.1) is 0 Å². The van der Waals surface area contributed by atoms with Crippen molar-refractivity contribution in [2.75, 3.05) is 31.5 Å². The van der Waals surface area contributed by atoms with Crippen molar-refractivity contribution < 1.29 is 31.9 Å². The Labute approximate surface area is 247 Å². The fraction of sp³-hybridized carbons (Fsp3) is 0.233. The second-order valence-corrected chi connectivity index (χ2v) is 10.6. The van der Waals surface area contributed by atoms with Crippen LogP contribution in [-0.4, -0.2) is 74.6 Å². The molecule has 2 N–H and O–H groups in total. The lowest BCUT2D eigenvalue weighted by atomic mass is 10.1. The Morgan fingerprint density at radius 2 is 1.59 bits per heavy atom. The summed E-state index contributed by atoms with van der Waals surface area (Å²) in [7, 11) is 0. The number of amides is 4. The first kappa shape index (κ1) is 28.8. The van der Waals surface area contributed by atoms with Gasteiger partial charge in [-0.3, -0.25) is 19.3 Å². The summed E-state index contributed by atoms with van der Waals surface area (Å²) in [4.78, 5) is 45.3. The average Bonchev–Trinajstić information content (AvgIpc) is 3.33. The van der Waals surface area contributed by atoms with Crippen LogP contribution in [0.15, 0.2) is 79.3 Å². The first-order valence-electron chi connectivity index (χ1n) is 13.6. The van der Waals surface area contributed by atoms with Gasteiger partial charge in [-0.05, 0) is 30.3 Å². The summed E-state index contributed by atoms with van der Waals surface area (Å²) in [6, 6.07) is 13.8. The molecule has 4 amide bonds. The van der Waals surface area contributed by atoms with Gasteiger partial charge in [0.15, 0.2) is 5.83 Å². The van der Waals surface area contributed by atoms with Gasteiger partial charge in [-0.15, -0.1) is 0 Å². The van der Waals surface area contributed by atoms with Crippen molar-refractivity contribution in [3.63, 3.8) is 0 Å². The van der Waals surface area contributed by atoms with Gasteiger partial charge in [-0.1, -0.05) is 36.9 Å². The molecule has 14 heteroatoms. The number of nitrogens with zero attached hydrogens (tertiary/aromatic N) is 5. The summed E-state index contributed by atoms with van der Waals surface area (Å²) < 4.78 is 54.5. The molecule has 0 unspecified atom stereocenters. The molecule has 2 aromatic carbocycles. The minimum absolute atomic E-state index is 0.0784. The number of rotatable bonds is 6. The third kappa shape index (κ3) is 5.45. The number of hydrogen-bond acceptors (Lipinski definition) is 5. The van der Waals surface area contributed by atoms with Crippen molar-refractivity contribution in [3.05, 3.63) is 90.4 Å². The third-order valence-corrected chi connectivity index (χ3v) is 7.57. The number of carbonyl (C=O) groups excluding carboxylic acids is 3. The smallest absolute Gasteiger partial charge is 0.346 e. The number of urea groups is 1. The number of nitrogens with one attached hydrogen (secondary N) is 2. The van der Waals surface area contributed by atoms with Crippen molar-refractivity contribution in [2.45, 2.75) is 18.3 Å². The van der Waals surface area contributed by atoms with E-state index in [1.54, 1.807) is 29.2 Å². The molecule has 0 aliphatic carbocycles. The number of benzene rings is 2. The molecule has 2 fully saturated rings. The van der Waals surface area contributed by atoms with Gasteiger partial charge in [0.2, 0.25) is 0 Å². The SMILES string of the molecule is C=C(F)C(=O)N1CC(n2nc(-c3ccc(C(F)(F)F)cc3)c3nccc(C(=O)NC4CN(C(=O)Nc5ccccc5)C4)c32)C1. The lowest BCUT2D eigenvalue weighted by Crippen LogP contribution is -2.61. The van der Waals surface area contributed by atoms with Gasteiger partial charge in [-0.2, -0.15) is 18.3 Å². The zero-order valence-electron chi connectivity index (χ0n) is 23.0. The van der Waals surface area contributed by atoms with E-state index in [-0.39, 0.29) is 55.0 Å². The van der Waals surface area contributed by atoms with Gasteiger partial charge in [-0.25, -0.2) is 9.18 Å². The van der Waals surface area contributed by atoms with Crippen LogP contribution in [0.5, 0.6) is 0 Å². The molecule has 226 valence electrons. The third-order valence-electron chi connectivity index (χ3n) is 7.57. The number of fused-ring (bicyclic) bond motifs is 1. The highest BCUT2D eigenvalue weighted by molar-refractivity contribution is 6.07. The van der Waals surface area contributed by atoms with Crippen LogP contribution in [0.1, 0.15) is 22.0 Å². The number of halogens is 4. The lowest BCUT2D eigenvalue weighted by molar-refractivity contribution is -0.137. The first-order chi connectivity index (χ1) is 21.0. The summed E-state index contributed by atoms with van der Waals surface area (Å²) >= 11 is 0. The topological polar surface area (TPSA) is 112 Å². The van der Waals surface area contributed by atoms with Gasteiger partial charge in [0, 0.05) is 43.6 Å². The number of alkyl halides is 3. The molecule has 4 heterocycles. The zero-order chi connectivity index (χ0) is 31.2. The molecular weight excluding hydrogens is 582 g/mol. The van der Waals surface area contributed by atoms with Crippen LogP contribution in [0.4, 0.5) is 28.0 Å². The molecule has 0 bridgehead atoms. The summed E-state index contributed by atoms with van der Waals surface area (Å²) in [6.45, 7) is 3.75. The Morgan fingerprint density at radius 1 is 0.909 bits per heavy atom. The summed E-state index contributed by atoms with van der Waals surface area (Å²) in [5.74, 6) is -2.43. The fourth-order valence-electron chi connectivity index (χ4n) is 5.19. The van der Waals surface area contributed by atoms with E-state index in [1.807, 2.05) is 6.07 Å². The number of para-hydroxylation sites is 1. The number of carbonyl (C=O) groups is 3. The van der Waals surface area contributed by atoms with Crippen LogP contribution in [0.2, 0.25) is 0 Å². The van der Waals surface area contributed by atoms with E-state index < -0.39 is 35.4 Å². The monoisotopic (exact) mass is 607 g/mol. The van der Waals surface area contributed by atoms with E-state index in [1.165, 1.54) is 34.0 Å². The molecule has 0 saturated carbocycles. The largest absolute Gasteiger partial charge is 0.416 e. The number of pyridine rings is 1. The lowest BCUT2D eigenvalue weighted by Gasteiger charge is -2.40. The Bertz CT molecular complexity index is 1760. The summed E-state index contributed by atoms with van der Waals surface area (Å²) in [6.07, 6.45) is -3.12. The van der Waals surface area contributed by atoms with Crippen molar-refractivity contribution >= 4 is 34.6 Å². The average molecular weight is 608 g/mol. The standard InChI is InChI=1S/C30H25F4N7O3/c1-17(31)28(43)39-15-22(16-39)41-26-23(27(42)36-21-13-40(14-21)29(44)37-20-5-3-2-4-6-20)11-12-35-25(26)24(38-41)18-7-9-19(10-8-18)30(32,33)34/h2-12,21-22H,1,13-16H2,(H,36,42)(H,37,44). The van der Waals surface area contributed by atoms with Gasteiger partial charge < -0.3 is 20.4 Å². The second kappa shape index (κ2) is 11.1. The van der Waals surface area contributed by atoms with Gasteiger partial charge in [0.05, 0.1) is 23.2 Å². The second-order valence-electron chi connectivity index (χ2n) is 10.6. The predicted octanol–water partition coefficient (Wildman–Crippen LogP) is 4.63. The minimum atomic E-state index is -4.52. The highest BCUT2D eigenvalue weighted by atomic mass is 19.4. The summed E-state index contributed by atoms with van der Waals surface area (Å²) in [5.41, 5.74) is 1.19. The molecule has 2 saturated heterocycles. The van der Waals surface area contributed by atoms with Gasteiger partial charge >= 0.3 is 12.2 Å². The highest BCUT2D eigenvalue weighted by Crippen LogP contribution is 2.35. The Balaban J connectivity index is 1.26. The molecule has 0 spiro atoms. The van der Waals surface area contributed by atoms with E-state index in [0.717, 1.165) is 12.1 Å². The number of aromatic nitrogens is 3. The first-order valence-corrected chi connectivity index (χ1v) is 13.6. The van der Waals surface area contributed by atoms with Crippen molar-refractivity contribution in [1.82, 2.24) is 29.9 Å². The van der Waals surface area contributed by atoms with Crippen molar-refractivity contribution in [3.8, 4) is 11.3 Å². The molecule has 10 nitrogen and oxygen atoms in total. The van der Waals surface area contributed by atoms with E-state index >= 15 is 0 Å². The van der Waals surface area contributed by atoms with E-state index in [9.17, 15) is 31.9 Å². The molecule has 2 aliphatic heterocycles. The molecule has 44 heavy (non-hydrogen) atoms. The maximum Gasteiger partial charge on any atom is 0.416 e. The van der Waals surface area contributed by atoms with Crippen molar-refractivity contribution in [2.24, 2.45) is 0 Å². The Kier molecular flexibility index (Phi) is 7.27. The Hall–Kier alpha value is -5.27. The van der Waals surface area contributed by atoms with Crippen LogP contribution in [-0.2, 0) is 11.0 Å². The molecule has 2 aliphatic rings. The van der Waals surface area contributed by atoms with Crippen LogP contribution in [0.25, 0.3) is 22.3 Å². The van der Waals surface area contributed by atoms with E-state index in [4.69, 9.17) is 0 Å². The molecule has 0 radical (unpaired) electrons. The molecule has 2 aromatic heterocycles. The van der Waals surface area contributed by atoms with Crippen molar-refractivity contribution in [1.29, 1.82) is 0 Å². The van der Waals surface area contributed by atoms with Gasteiger partial charge in [0.1, 0.15) is 16.7 Å². The van der Waals surface area contributed by atoms with Crippen LogP contribution >= 0.6 is 0 Å². The quantitative estimate of drug-likeness (QED) is 0.245. The number of hydrogen-bond donors (Lipinski definition) is 2. The number of anilines is 1. The number of likely N-dealkylation sites (tertiary alicyclic amines) is 2. The molecule has 6 rings (SSSR count). The fourth-order valence-corrected chi connectivity index (χ4v) is 5.19. The van der Waals surface area contributed by atoms with E-state index in [2.05, 4.69) is 27.3 Å². The molecular formula is C30H25F4N7O3. The van der Waals surface area contributed by atoms with Gasteiger partial charge in [0.25, 0.3) is 11.8 Å². The maximum absolute atomic E-state index is 13.5. The predicted molar refractivity (Wildman–Crippen MR) is 152 cm³/mol. The van der Waals surface area contributed by atoms with E-state index in [0.29, 0.717) is 16.8 Å². The minimum Gasteiger partial charge on any atom is -0.346 e. The summed E-state index contributed by atoms with van der Waals surface area (Å²) in [5, 5.41) is 10.3. The zero-order valence-corrected chi connectivity index (χ0v) is 23.0. The maximum atomic E-state index is 13.5. The Morgan fingerprint density at radius 3 is 2.23 bits per heavy atom. The highest BCUT2D eigenvalue weighted by Gasteiger charge is 2.37. The molecule has 4 aromatic rings. The normalized spacial score (nSPS) is 15.5. The van der Waals surface area contributed by atoms with Crippen LogP contribution in [0.3, 0.4) is 0 Å².